The molecule has 0 radical (unpaired) electrons. The first kappa shape index (κ1) is 15.8. The largest absolute Gasteiger partial charge is 0.493 e. The van der Waals surface area contributed by atoms with E-state index in [1.807, 2.05) is 42.5 Å². The lowest BCUT2D eigenvalue weighted by molar-refractivity contribution is 0.246. The lowest BCUT2D eigenvalue weighted by Gasteiger charge is -2.33. The van der Waals surface area contributed by atoms with Crippen LogP contribution in [-0.2, 0) is 0 Å². The van der Waals surface area contributed by atoms with Crippen LogP contribution in [0.3, 0.4) is 0 Å². The number of hydrogen-bond donors (Lipinski definition) is 0. The molecule has 0 N–H and O–H groups in total. The maximum Gasteiger partial charge on any atom is 0.124 e. The molecule has 0 saturated heterocycles. The van der Waals surface area contributed by atoms with Gasteiger partial charge in [-0.1, -0.05) is 66.6 Å². The molecule has 2 atom stereocenters. The molecule has 0 saturated carbocycles. The van der Waals surface area contributed by atoms with E-state index in [2.05, 4.69) is 30.7 Å². The molecule has 0 aliphatic carbocycles. The minimum Gasteiger partial charge on any atom is -0.493 e. The Balaban J connectivity index is 1.81. The highest BCUT2D eigenvalue weighted by molar-refractivity contribution is 6.30. The molecule has 0 spiro atoms. The van der Waals surface area contributed by atoms with Crippen molar-refractivity contribution in [3.63, 3.8) is 0 Å². The first-order valence-electron chi connectivity index (χ1n) is 8.24. The Morgan fingerprint density at radius 2 is 1.84 bits per heavy atom. The molecule has 3 aromatic rings. The van der Waals surface area contributed by atoms with Gasteiger partial charge in [0.1, 0.15) is 5.75 Å². The van der Waals surface area contributed by atoms with Crippen LogP contribution in [0, 0.1) is 18.3 Å². The van der Waals surface area contributed by atoms with Gasteiger partial charge in [0.2, 0.25) is 0 Å². The molecule has 2 heteroatoms. The topological polar surface area (TPSA) is 9.23 Å². The monoisotopic (exact) mass is 344 g/mol. The van der Waals surface area contributed by atoms with Gasteiger partial charge in [0, 0.05) is 16.5 Å². The summed E-state index contributed by atoms with van der Waals surface area (Å²) in [4.78, 5) is 0. The van der Waals surface area contributed by atoms with Gasteiger partial charge in [0.25, 0.3) is 0 Å². The second-order valence-corrected chi connectivity index (χ2v) is 6.73. The zero-order valence-electron chi connectivity index (χ0n) is 13.7. The summed E-state index contributed by atoms with van der Waals surface area (Å²) in [5.41, 5.74) is 3.12. The average Bonchev–Trinajstić information content (AvgIpc) is 2.66. The van der Waals surface area contributed by atoms with Gasteiger partial charge >= 0.3 is 0 Å². The van der Waals surface area contributed by atoms with Gasteiger partial charge in [-0.15, -0.1) is 6.42 Å². The van der Waals surface area contributed by atoms with Crippen molar-refractivity contribution in [2.24, 2.45) is 5.92 Å². The molecule has 4 rings (SSSR count). The van der Waals surface area contributed by atoms with E-state index in [4.69, 9.17) is 22.8 Å². The third-order valence-electron chi connectivity index (χ3n) is 4.90. The molecule has 1 unspecified atom stereocenters. The van der Waals surface area contributed by atoms with Crippen LogP contribution >= 0.6 is 11.6 Å². The van der Waals surface area contributed by atoms with E-state index in [-0.39, 0.29) is 11.8 Å². The molecule has 1 heterocycles. The highest BCUT2D eigenvalue weighted by Crippen LogP contribution is 2.45. The zero-order valence-corrected chi connectivity index (χ0v) is 14.5. The fourth-order valence-electron chi connectivity index (χ4n) is 3.58. The number of fused-ring (bicyclic) bond motifs is 3. The molecule has 0 amide bonds. The summed E-state index contributed by atoms with van der Waals surface area (Å²) < 4.78 is 6.06. The summed E-state index contributed by atoms with van der Waals surface area (Å²) in [6.45, 7) is 4.84. The van der Waals surface area contributed by atoms with E-state index in [1.54, 1.807) is 0 Å². The van der Waals surface area contributed by atoms with Crippen molar-refractivity contribution in [1.82, 2.24) is 0 Å². The van der Waals surface area contributed by atoms with Crippen molar-refractivity contribution in [3.8, 4) is 18.1 Å². The smallest absolute Gasteiger partial charge is 0.124 e. The van der Waals surface area contributed by atoms with Gasteiger partial charge in [-0.05, 0) is 40.1 Å². The van der Waals surface area contributed by atoms with E-state index in [9.17, 15) is 0 Å². The summed E-state index contributed by atoms with van der Waals surface area (Å²) in [5, 5.41) is 3.03. The molecule has 1 aliphatic heterocycles. The summed E-state index contributed by atoms with van der Waals surface area (Å²) in [5.74, 6) is 3.83. The first-order valence-corrected chi connectivity index (χ1v) is 8.62. The quantitative estimate of drug-likeness (QED) is 0.523. The fraction of sp³-hybridized carbons (Fsp3) is 0.130. The van der Waals surface area contributed by atoms with Crippen LogP contribution in [0.4, 0.5) is 0 Å². The maximum atomic E-state index is 6.06. The van der Waals surface area contributed by atoms with Crippen molar-refractivity contribution in [3.05, 3.63) is 83.4 Å². The van der Waals surface area contributed by atoms with E-state index >= 15 is 0 Å². The number of ether oxygens (including phenoxy) is 1. The van der Waals surface area contributed by atoms with Gasteiger partial charge < -0.3 is 4.74 Å². The number of halogens is 1. The van der Waals surface area contributed by atoms with Crippen LogP contribution in [-0.4, -0.2) is 6.61 Å². The Kier molecular flexibility index (Phi) is 3.99. The Morgan fingerprint density at radius 1 is 1.08 bits per heavy atom. The second kappa shape index (κ2) is 6.31. The average molecular weight is 345 g/mol. The molecular formula is C23H17ClO. The lowest BCUT2D eigenvalue weighted by Crippen LogP contribution is -2.26. The Bertz CT molecular complexity index is 995. The highest BCUT2D eigenvalue weighted by atomic mass is 35.5. The minimum absolute atomic E-state index is 0.0319. The number of hydrogen-bond acceptors (Lipinski definition) is 1. The Hall–Kier alpha value is -2.69. The molecule has 0 bridgehead atoms. The SMILES string of the molecule is C#CC1c2c(ccc3ccccc23)OC[C@@H]1C(=C)c1ccc(Cl)cc1. The van der Waals surface area contributed by atoms with Crippen molar-refractivity contribution >= 4 is 27.9 Å². The predicted octanol–water partition coefficient (Wildman–Crippen LogP) is 5.93. The van der Waals surface area contributed by atoms with Crippen LogP contribution in [0.2, 0.25) is 5.02 Å². The highest BCUT2D eigenvalue weighted by Gasteiger charge is 2.33. The molecule has 1 aliphatic rings. The van der Waals surface area contributed by atoms with Gasteiger partial charge in [0.05, 0.1) is 12.5 Å². The van der Waals surface area contributed by atoms with Crippen molar-refractivity contribution < 1.29 is 4.74 Å². The molecule has 122 valence electrons. The van der Waals surface area contributed by atoms with Crippen LogP contribution in [0.1, 0.15) is 17.0 Å². The normalized spacial score (nSPS) is 18.9. The zero-order chi connectivity index (χ0) is 17.4. The lowest BCUT2D eigenvalue weighted by atomic mass is 9.77. The summed E-state index contributed by atoms with van der Waals surface area (Å²) in [7, 11) is 0. The Labute approximate surface area is 152 Å². The predicted molar refractivity (Wildman–Crippen MR) is 105 cm³/mol. The summed E-state index contributed by atoms with van der Waals surface area (Å²) in [6.07, 6.45) is 5.97. The van der Waals surface area contributed by atoms with Crippen molar-refractivity contribution in [2.45, 2.75) is 5.92 Å². The molecule has 0 fully saturated rings. The van der Waals surface area contributed by atoms with Gasteiger partial charge in [0.15, 0.2) is 0 Å². The van der Waals surface area contributed by atoms with Crippen molar-refractivity contribution in [2.75, 3.05) is 6.61 Å². The standard InChI is InChI=1S/C23H17ClO/c1-3-19-21(15(2)16-8-11-18(24)12-9-16)14-25-22-13-10-17-6-4-5-7-20(17)23(19)22/h1,4-13,19,21H,2,14H2/t19?,21-/m1/s1. The van der Waals surface area contributed by atoms with E-state index in [0.717, 1.165) is 27.8 Å². The van der Waals surface area contributed by atoms with Crippen molar-refractivity contribution in [1.29, 1.82) is 0 Å². The molecule has 0 aromatic heterocycles. The number of rotatable bonds is 2. The van der Waals surface area contributed by atoms with Gasteiger partial charge in [-0.2, -0.15) is 0 Å². The minimum atomic E-state index is -0.0713. The second-order valence-electron chi connectivity index (χ2n) is 6.29. The van der Waals surface area contributed by atoms with E-state index < -0.39 is 0 Å². The molecule has 1 nitrogen and oxygen atoms in total. The number of benzene rings is 3. The van der Waals surface area contributed by atoms with E-state index in [0.29, 0.717) is 11.6 Å². The van der Waals surface area contributed by atoms with Crippen LogP contribution < -0.4 is 4.74 Å². The summed E-state index contributed by atoms with van der Waals surface area (Å²) >= 11 is 6.00. The van der Waals surface area contributed by atoms with Crippen LogP contribution in [0.5, 0.6) is 5.75 Å². The van der Waals surface area contributed by atoms with E-state index in [1.165, 1.54) is 5.39 Å². The van der Waals surface area contributed by atoms with Gasteiger partial charge in [-0.25, -0.2) is 0 Å². The van der Waals surface area contributed by atoms with Gasteiger partial charge in [-0.3, -0.25) is 0 Å². The first-order chi connectivity index (χ1) is 12.2. The third-order valence-corrected chi connectivity index (χ3v) is 5.16. The maximum absolute atomic E-state index is 6.06. The Morgan fingerprint density at radius 3 is 2.60 bits per heavy atom. The van der Waals surface area contributed by atoms with Crippen LogP contribution in [0.25, 0.3) is 16.3 Å². The number of terminal acetylenes is 1. The molecular weight excluding hydrogens is 328 g/mol. The third kappa shape index (κ3) is 2.69. The molecule has 25 heavy (non-hydrogen) atoms. The summed E-state index contributed by atoms with van der Waals surface area (Å²) in [6, 6.07) is 20.1. The van der Waals surface area contributed by atoms with Crippen LogP contribution in [0.15, 0.2) is 67.2 Å². The fourth-order valence-corrected chi connectivity index (χ4v) is 3.70. The molecule has 3 aromatic carbocycles.